The van der Waals surface area contributed by atoms with Gasteiger partial charge in [-0.05, 0) is 30.9 Å². The molecule has 2 amide bonds. The molecule has 1 unspecified atom stereocenters. The van der Waals surface area contributed by atoms with E-state index in [4.69, 9.17) is 10.00 Å². The molecule has 0 bridgehead atoms. The van der Waals surface area contributed by atoms with Crippen molar-refractivity contribution in [2.75, 3.05) is 19.7 Å². The number of carbonyl (C=O) groups is 2. The Hall–Kier alpha value is -3.28. The van der Waals surface area contributed by atoms with Gasteiger partial charge in [-0.1, -0.05) is 12.1 Å². The normalized spacial score (nSPS) is 20.0. The highest BCUT2D eigenvalue weighted by molar-refractivity contribution is 6.07. The first-order valence-corrected chi connectivity index (χ1v) is 9.73. The number of nitrogens with one attached hydrogen (secondary N) is 1. The summed E-state index contributed by atoms with van der Waals surface area (Å²) in [5, 5.41) is 12.1. The summed E-state index contributed by atoms with van der Waals surface area (Å²) in [5.41, 5.74) is 0.842. The molecular formula is C21H20F2N4O3. The van der Waals surface area contributed by atoms with E-state index in [-0.39, 0.29) is 0 Å². The number of para-hydroxylation sites is 1. The number of rotatable bonds is 6. The Labute approximate surface area is 171 Å². The molecule has 1 aromatic heterocycles. The van der Waals surface area contributed by atoms with E-state index < -0.39 is 43.3 Å². The van der Waals surface area contributed by atoms with Crippen molar-refractivity contribution in [1.82, 2.24) is 15.2 Å². The van der Waals surface area contributed by atoms with E-state index in [1.165, 1.54) is 12.3 Å². The first kappa shape index (κ1) is 20.0. The van der Waals surface area contributed by atoms with Crippen LogP contribution in [-0.2, 0) is 4.79 Å². The molecule has 2 heterocycles. The summed E-state index contributed by atoms with van der Waals surface area (Å²) in [4.78, 5) is 30.1. The van der Waals surface area contributed by atoms with Gasteiger partial charge in [-0.2, -0.15) is 5.26 Å². The first-order valence-electron chi connectivity index (χ1n) is 9.73. The Balaban J connectivity index is 1.46. The van der Waals surface area contributed by atoms with Crippen LogP contribution in [0, 0.1) is 17.2 Å². The molecule has 2 fully saturated rings. The lowest BCUT2D eigenvalue weighted by molar-refractivity contribution is -0.131. The van der Waals surface area contributed by atoms with Crippen molar-refractivity contribution in [2.45, 2.75) is 31.2 Å². The van der Waals surface area contributed by atoms with E-state index in [1.807, 2.05) is 0 Å². The van der Waals surface area contributed by atoms with Gasteiger partial charge in [0, 0.05) is 18.0 Å². The number of nitrogens with zero attached hydrogens (tertiary/aromatic N) is 3. The average molecular weight is 414 g/mol. The molecule has 0 spiro atoms. The van der Waals surface area contributed by atoms with Gasteiger partial charge in [-0.15, -0.1) is 0 Å². The SMILES string of the molecule is N#CC1CC(F)(F)CN1C(=O)CNC(=O)c1ccnc2c(OCC3CC3)cccc12. The van der Waals surface area contributed by atoms with Crippen LogP contribution in [0.15, 0.2) is 30.5 Å². The van der Waals surface area contributed by atoms with Gasteiger partial charge in [0.2, 0.25) is 5.91 Å². The predicted molar refractivity (Wildman–Crippen MR) is 103 cm³/mol. The lowest BCUT2D eigenvalue weighted by Gasteiger charge is -2.19. The van der Waals surface area contributed by atoms with Gasteiger partial charge < -0.3 is 15.0 Å². The molecule has 1 saturated heterocycles. The molecule has 30 heavy (non-hydrogen) atoms. The number of fused-ring (bicyclic) bond motifs is 1. The molecule has 1 N–H and O–H groups in total. The Morgan fingerprint density at radius 1 is 1.33 bits per heavy atom. The molecule has 2 aliphatic rings. The fourth-order valence-corrected chi connectivity index (χ4v) is 3.50. The summed E-state index contributed by atoms with van der Waals surface area (Å²) < 4.78 is 32.9. The van der Waals surface area contributed by atoms with Gasteiger partial charge in [0.1, 0.15) is 17.3 Å². The standard InChI is InChI=1S/C21H20F2N4O3/c22-21(23)8-14(9-24)27(12-21)18(28)10-26-20(29)16-6-7-25-19-15(16)2-1-3-17(19)30-11-13-4-5-13/h1-3,6-7,13-14H,4-5,8,10-12H2,(H,26,29). The molecule has 1 saturated carbocycles. The number of likely N-dealkylation sites (tertiary alicyclic amines) is 1. The zero-order valence-electron chi connectivity index (χ0n) is 16.1. The number of nitriles is 1. The maximum absolute atomic E-state index is 13.5. The third-order valence-corrected chi connectivity index (χ3v) is 5.29. The van der Waals surface area contributed by atoms with E-state index in [9.17, 15) is 18.4 Å². The van der Waals surface area contributed by atoms with E-state index in [0.29, 0.717) is 34.7 Å². The molecule has 4 rings (SSSR count). The number of hydrogen-bond acceptors (Lipinski definition) is 5. The van der Waals surface area contributed by atoms with Crippen LogP contribution in [0.4, 0.5) is 8.78 Å². The van der Waals surface area contributed by atoms with Gasteiger partial charge in [0.05, 0.1) is 31.3 Å². The topological polar surface area (TPSA) is 95.3 Å². The minimum Gasteiger partial charge on any atom is -0.491 e. The van der Waals surface area contributed by atoms with E-state index in [1.54, 1.807) is 24.3 Å². The zero-order valence-corrected chi connectivity index (χ0v) is 16.1. The molecule has 0 radical (unpaired) electrons. The van der Waals surface area contributed by atoms with Gasteiger partial charge in [0.25, 0.3) is 11.8 Å². The molecule has 1 aliphatic heterocycles. The fraction of sp³-hybridized carbons (Fsp3) is 0.429. The smallest absolute Gasteiger partial charge is 0.268 e. The Morgan fingerprint density at radius 2 is 2.13 bits per heavy atom. The predicted octanol–water partition coefficient (Wildman–Crippen LogP) is 2.51. The molecule has 1 aliphatic carbocycles. The second-order valence-corrected chi connectivity index (χ2v) is 7.67. The number of halogens is 2. The Kier molecular flexibility index (Phi) is 5.24. The van der Waals surface area contributed by atoms with Crippen molar-refractivity contribution >= 4 is 22.7 Å². The molecule has 1 atom stereocenters. The number of alkyl halides is 2. The van der Waals surface area contributed by atoms with Gasteiger partial charge in [-0.3, -0.25) is 14.6 Å². The largest absolute Gasteiger partial charge is 0.491 e. The third kappa shape index (κ3) is 4.17. The van der Waals surface area contributed by atoms with Crippen molar-refractivity contribution in [2.24, 2.45) is 5.92 Å². The average Bonchev–Trinajstić information content (AvgIpc) is 3.51. The minimum atomic E-state index is -3.10. The number of carbonyl (C=O) groups excluding carboxylic acids is 2. The Morgan fingerprint density at radius 3 is 2.87 bits per heavy atom. The summed E-state index contributed by atoms with van der Waals surface area (Å²) in [6, 6.07) is 7.32. The van der Waals surface area contributed by atoms with Crippen LogP contribution < -0.4 is 10.1 Å². The maximum atomic E-state index is 13.5. The molecule has 156 valence electrons. The second kappa shape index (κ2) is 7.86. The van der Waals surface area contributed by atoms with Crippen LogP contribution in [0.1, 0.15) is 29.6 Å². The highest BCUT2D eigenvalue weighted by Gasteiger charge is 2.47. The molecule has 1 aromatic carbocycles. The summed E-state index contributed by atoms with van der Waals surface area (Å²) >= 11 is 0. The molecule has 7 nitrogen and oxygen atoms in total. The van der Waals surface area contributed by atoms with E-state index >= 15 is 0 Å². The summed E-state index contributed by atoms with van der Waals surface area (Å²) in [5.74, 6) is -3.21. The Bertz CT molecular complexity index is 1030. The van der Waals surface area contributed by atoms with Crippen molar-refractivity contribution in [3.63, 3.8) is 0 Å². The van der Waals surface area contributed by atoms with E-state index in [2.05, 4.69) is 10.3 Å². The summed E-state index contributed by atoms with van der Waals surface area (Å²) in [6.45, 7) is -0.694. The van der Waals surface area contributed by atoms with Crippen molar-refractivity contribution in [3.05, 3.63) is 36.0 Å². The first-order chi connectivity index (χ1) is 14.4. The van der Waals surface area contributed by atoms with Crippen LogP contribution >= 0.6 is 0 Å². The molecule has 9 heteroatoms. The van der Waals surface area contributed by atoms with Gasteiger partial charge in [0.15, 0.2) is 0 Å². The lowest BCUT2D eigenvalue weighted by atomic mass is 10.1. The number of benzene rings is 1. The monoisotopic (exact) mass is 414 g/mol. The highest BCUT2D eigenvalue weighted by Crippen LogP contribution is 2.33. The van der Waals surface area contributed by atoms with Crippen LogP contribution in [0.25, 0.3) is 10.9 Å². The number of pyridine rings is 1. The van der Waals surface area contributed by atoms with Crippen LogP contribution in [-0.4, -0.2) is 53.4 Å². The third-order valence-electron chi connectivity index (χ3n) is 5.29. The number of amides is 2. The minimum absolute atomic E-state index is 0.299. The van der Waals surface area contributed by atoms with Crippen LogP contribution in [0.2, 0.25) is 0 Å². The molecular weight excluding hydrogens is 394 g/mol. The van der Waals surface area contributed by atoms with Gasteiger partial charge >= 0.3 is 0 Å². The summed E-state index contributed by atoms with van der Waals surface area (Å²) in [7, 11) is 0. The second-order valence-electron chi connectivity index (χ2n) is 7.67. The molecule has 2 aromatic rings. The number of aromatic nitrogens is 1. The van der Waals surface area contributed by atoms with Crippen molar-refractivity contribution < 1.29 is 23.1 Å². The maximum Gasteiger partial charge on any atom is 0.268 e. The number of ether oxygens (including phenoxy) is 1. The van der Waals surface area contributed by atoms with E-state index in [0.717, 1.165) is 17.7 Å². The van der Waals surface area contributed by atoms with Crippen LogP contribution in [0.5, 0.6) is 5.75 Å². The number of hydrogen-bond donors (Lipinski definition) is 1. The highest BCUT2D eigenvalue weighted by atomic mass is 19.3. The van der Waals surface area contributed by atoms with Crippen LogP contribution in [0.3, 0.4) is 0 Å². The van der Waals surface area contributed by atoms with Gasteiger partial charge in [-0.25, -0.2) is 8.78 Å². The van der Waals surface area contributed by atoms with Crippen molar-refractivity contribution in [1.29, 1.82) is 5.26 Å². The zero-order chi connectivity index (χ0) is 21.3. The summed E-state index contributed by atoms with van der Waals surface area (Å²) in [6.07, 6.45) is 3.09. The lowest BCUT2D eigenvalue weighted by Crippen LogP contribution is -2.43. The van der Waals surface area contributed by atoms with Crippen molar-refractivity contribution in [3.8, 4) is 11.8 Å². The fourth-order valence-electron chi connectivity index (χ4n) is 3.50. The quantitative estimate of drug-likeness (QED) is 0.784.